The van der Waals surface area contributed by atoms with E-state index in [9.17, 15) is 27.9 Å². The molecular weight excluding hydrogens is 359 g/mol. The van der Waals surface area contributed by atoms with E-state index in [0.717, 1.165) is 13.0 Å². The molecule has 0 bridgehead atoms. The summed E-state index contributed by atoms with van der Waals surface area (Å²) >= 11 is 0. The number of aliphatic hydroxyl groups is 1. The summed E-state index contributed by atoms with van der Waals surface area (Å²) in [5, 5.41) is 14.1. The number of imide groups is 1. The Kier molecular flexibility index (Phi) is 6.79. The molecule has 1 aromatic rings. The summed E-state index contributed by atoms with van der Waals surface area (Å²) in [5.41, 5.74) is -1.38. The second kappa shape index (κ2) is 8.21. The molecule has 0 radical (unpaired) electrons. The summed E-state index contributed by atoms with van der Waals surface area (Å²) in [7, 11) is 0. The van der Waals surface area contributed by atoms with Crippen molar-refractivity contribution in [1.29, 1.82) is 0 Å². The first-order valence-corrected chi connectivity index (χ1v) is 7.56. The van der Waals surface area contributed by atoms with Gasteiger partial charge in [0.05, 0.1) is 12.2 Å². The SMILES string of the molecule is CCOC(=O)NC(=O)Nc1nc(O[C@@H](C)C(F)(F)F)ccc1C(C)(C)O. The van der Waals surface area contributed by atoms with Crippen LogP contribution in [0.4, 0.5) is 28.6 Å². The van der Waals surface area contributed by atoms with Gasteiger partial charge in [0.1, 0.15) is 5.82 Å². The number of urea groups is 1. The number of anilines is 1. The first kappa shape index (κ1) is 21.5. The van der Waals surface area contributed by atoms with Crippen molar-refractivity contribution in [3.8, 4) is 5.88 Å². The van der Waals surface area contributed by atoms with Crippen molar-refractivity contribution in [3.05, 3.63) is 17.7 Å². The van der Waals surface area contributed by atoms with E-state index in [-0.39, 0.29) is 18.0 Å². The molecule has 1 rings (SSSR count). The maximum atomic E-state index is 12.6. The molecule has 1 heterocycles. The van der Waals surface area contributed by atoms with Crippen LogP contribution < -0.4 is 15.4 Å². The van der Waals surface area contributed by atoms with Gasteiger partial charge >= 0.3 is 18.3 Å². The summed E-state index contributed by atoms with van der Waals surface area (Å²) in [4.78, 5) is 26.8. The lowest BCUT2D eigenvalue weighted by atomic mass is 9.99. The smallest absolute Gasteiger partial charge is 0.425 e. The number of hydrogen-bond donors (Lipinski definition) is 3. The molecule has 0 aromatic carbocycles. The van der Waals surface area contributed by atoms with Crippen molar-refractivity contribution >= 4 is 17.9 Å². The first-order valence-electron chi connectivity index (χ1n) is 7.56. The number of pyridine rings is 1. The molecule has 11 heteroatoms. The lowest BCUT2D eigenvalue weighted by Crippen LogP contribution is -2.36. The lowest BCUT2D eigenvalue weighted by molar-refractivity contribution is -0.189. The van der Waals surface area contributed by atoms with Gasteiger partial charge in [0.25, 0.3) is 0 Å². The van der Waals surface area contributed by atoms with Gasteiger partial charge in [-0.05, 0) is 33.8 Å². The molecular formula is C15H20F3N3O5. The number of halogens is 3. The molecule has 0 aliphatic rings. The van der Waals surface area contributed by atoms with E-state index in [4.69, 9.17) is 4.74 Å². The zero-order valence-corrected chi connectivity index (χ0v) is 14.6. The van der Waals surface area contributed by atoms with Crippen molar-refractivity contribution in [2.45, 2.75) is 45.6 Å². The second-order valence-electron chi connectivity index (χ2n) is 5.71. The van der Waals surface area contributed by atoms with Gasteiger partial charge in [0.15, 0.2) is 6.10 Å². The van der Waals surface area contributed by atoms with Crippen LogP contribution in [-0.2, 0) is 10.3 Å². The predicted octanol–water partition coefficient (Wildman–Crippen LogP) is 2.92. The highest BCUT2D eigenvalue weighted by Gasteiger charge is 2.38. The Labute approximate surface area is 147 Å². The number of hydrogen-bond acceptors (Lipinski definition) is 6. The van der Waals surface area contributed by atoms with E-state index in [1.165, 1.54) is 26.8 Å². The van der Waals surface area contributed by atoms with E-state index >= 15 is 0 Å². The van der Waals surface area contributed by atoms with Crippen LogP contribution >= 0.6 is 0 Å². The zero-order chi connectivity index (χ0) is 20.1. The third kappa shape index (κ3) is 6.39. The monoisotopic (exact) mass is 379 g/mol. The van der Waals surface area contributed by atoms with Crippen molar-refractivity contribution in [3.63, 3.8) is 0 Å². The molecule has 0 spiro atoms. The fourth-order valence-corrected chi connectivity index (χ4v) is 1.74. The van der Waals surface area contributed by atoms with Crippen LogP contribution in [-0.4, -0.2) is 41.1 Å². The molecule has 1 aromatic heterocycles. The minimum Gasteiger partial charge on any atom is -0.465 e. The Balaban J connectivity index is 3.07. The topological polar surface area (TPSA) is 110 Å². The normalized spacial score (nSPS) is 12.9. The van der Waals surface area contributed by atoms with Crippen LogP contribution in [0, 0.1) is 0 Å². The molecule has 0 aliphatic carbocycles. The number of carbonyl (C=O) groups is 2. The molecule has 0 fully saturated rings. The minimum atomic E-state index is -4.61. The molecule has 3 N–H and O–H groups in total. The van der Waals surface area contributed by atoms with Crippen molar-refractivity contribution in [1.82, 2.24) is 10.3 Å². The zero-order valence-electron chi connectivity index (χ0n) is 14.6. The minimum absolute atomic E-state index is 0.0327. The number of alkyl halides is 3. The number of aromatic nitrogens is 1. The summed E-state index contributed by atoms with van der Waals surface area (Å²) in [6.07, 6.45) is -7.76. The average molecular weight is 379 g/mol. The first-order chi connectivity index (χ1) is 11.8. The standard InChI is InChI=1S/C15H20F3N3O5/c1-5-25-13(23)21-12(22)20-11-9(14(3,4)24)6-7-10(19-11)26-8(2)15(16,17)18/h6-8,24H,5H2,1-4H3,(H2,19,20,21,22,23)/t8-/m0/s1. The number of rotatable bonds is 5. The Morgan fingerprint density at radius 2 is 1.92 bits per heavy atom. The van der Waals surface area contributed by atoms with Crippen LogP contribution in [0.25, 0.3) is 0 Å². The van der Waals surface area contributed by atoms with E-state index in [1.807, 2.05) is 5.32 Å². The third-order valence-corrected chi connectivity index (χ3v) is 3.01. The van der Waals surface area contributed by atoms with E-state index in [1.54, 1.807) is 0 Å². The number of alkyl carbamates (subject to hydrolysis) is 1. The number of nitrogens with zero attached hydrogens (tertiary/aromatic N) is 1. The number of amides is 3. The largest absolute Gasteiger partial charge is 0.465 e. The number of carbonyl (C=O) groups excluding carboxylic acids is 2. The van der Waals surface area contributed by atoms with Gasteiger partial charge < -0.3 is 14.6 Å². The molecule has 0 saturated carbocycles. The van der Waals surface area contributed by atoms with Gasteiger partial charge in [-0.1, -0.05) is 0 Å². The van der Waals surface area contributed by atoms with Crippen LogP contribution in [0.3, 0.4) is 0 Å². The van der Waals surface area contributed by atoms with Crippen LogP contribution in [0.1, 0.15) is 33.3 Å². The van der Waals surface area contributed by atoms with Gasteiger partial charge in [-0.15, -0.1) is 0 Å². The van der Waals surface area contributed by atoms with Gasteiger partial charge in [-0.3, -0.25) is 5.32 Å². The predicted molar refractivity (Wildman–Crippen MR) is 84.8 cm³/mol. The van der Waals surface area contributed by atoms with E-state index < -0.39 is 35.9 Å². The maximum absolute atomic E-state index is 12.6. The van der Waals surface area contributed by atoms with Gasteiger partial charge in [0, 0.05) is 11.6 Å². The summed E-state index contributed by atoms with van der Waals surface area (Å²) in [6.45, 7) is 5.14. The third-order valence-electron chi connectivity index (χ3n) is 3.01. The Hall–Kier alpha value is -2.56. The molecule has 8 nitrogen and oxygen atoms in total. The highest BCUT2D eigenvalue weighted by molar-refractivity contribution is 5.98. The molecule has 1 atom stereocenters. The highest BCUT2D eigenvalue weighted by atomic mass is 19.4. The average Bonchev–Trinajstić information content (AvgIpc) is 2.45. The van der Waals surface area contributed by atoms with Gasteiger partial charge in [-0.25, -0.2) is 14.9 Å². The van der Waals surface area contributed by atoms with Crippen LogP contribution in [0.5, 0.6) is 5.88 Å². The number of nitrogens with one attached hydrogen (secondary N) is 2. The Bertz CT molecular complexity index is 659. The fourth-order valence-electron chi connectivity index (χ4n) is 1.74. The Morgan fingerprint density at radius 3 is 2.42 bits per heavy atom. The highest BCUT2D eigenvalue weighted by Crippen LogP contribution is 2.30. The van der Waals surface area contributed by atoms with Crippen LogP contribution in [0.2, 0.25) is 0 Å². The van der Waals surface area contributed by atoms with E-state index in [0.29, 0.717) is 0 Å². The second-order valence-corrected chi connectivity index (χ2v) is 5.71. The summed E-state index contributed by atoms with van der Waals surface area (Å²) in [6, 6.07) is 1.34. The maximum Gasteiger partial charge on any atom is 0.425 e. The lowest BCUT2D eigenvalue weighted by Gasteiger charge is -2.23. The van der Waals surface area contributed by atoms with Crippen molar-refractivity contribution in [2.24, 2.45) is 0 Å². The summed E-state index contributed by atoms with van der Waals surface area (Å²) in [5.74, 6) is -0.694. The van der Waals surface area contributed by atoms with E-state index in [2.05, 4.69) is 15.0 Å². The summed E-state index contributed by atoms with van der Waals surface area (Å²) < 4.78 is 47.1. The van der Waals surface area contributed by atoms with Crippen molar-refractivity contribution < 1.29 is 37.3 Å². The fraction of sp³-hybridized carbons (Fsp3) is 0.533. The quantitative estimate of drug-likeness (QED) is 0.726. The molecule has 0 aliphatic heterocycles. The molecule has 0 unspecified atom stereocenters. The van der Waals surface area contributed by atoms with Crippen molar-refractivity contribution in [2.75, 3.05) is 11.9 Å². The molecule has 26 heavy (non-hydrogen) atoms. The van der Waals surface area contributed by atoms with Gasteiger partial charge in [0.2, 0.25) is 5.88 Å². The van der Waals surface area contributed by atoms with Gasteiger partial charge in [-0.2, -0.15) is 18.2 Å². The molecule has 0 saturated heterocycles. The molecule has 146 valence electrons. The van der Waals surface area contributed by atoms with Crippen LogP contribution in [0.15, 0.2) is 12.1 Å². The number of ether oxygens (including phenoxy) is 2. The molecule has 3 amide bonds. The Morgan fingerprint density at radius 1 is 1.31 bits per heavy atom.